The Bertz CT molecular complexity index is 1420. The van der Waals surface area contributed by atoms with Crippen LogP contribution in [0.25, 0.3) is 10.9 Å². The van der Waals surface area contributed by atoms with Gasteiger partial charge in [-0.1, -0.05) is 38.0 Å². The number of nitrogens with one attached hydrogen (secondary N) is 1. The van der Waals surface area contributed by atoms with Crippen molar-refractivity contribution >= 4 is 10.9 Å². The van der Waals surface area contributed by atoms with Gasteiger partial charge in [-0.2, -0.15) is 0 Å². The Morgan fingerprint density at radius 3 is 2.59 bits per heavy atom. The molecule has 2 heterocycles. The summed E-state index contributed by atoms with van der Waals surface area (Å²) in [6.07, 6.45) is 5.52. The van der Waals surface area contributed by atoms with Crippen LogP contribution in [0, 0.1) is 13.8 Å². The molecule has 1 saturated carbocycles. The maximum absolute atomic E-state index is 13.2. The van der Waals surface area contributed by atoms with Gasteiger partial charge in [0.1, 0.15) is 5.75 Å². The van der Waals surface area contributed by atoms with Gasteiger partial charge in [-0.05, 0) is 84.5 Å². The van der Waals surface area contributed by atoms with Gasteiger partial charge in [0.05, 0.1) is 19.7 Å². The van der Waals surface area contributed by atoms with Crippen LogP contribution in [-0.2, 0) is 13.1 Å². The molecule has 0 unspecified atom stereocenters. The largest absolute Gasteiger partial charge is 0.497 e. The van der Waals surface area contributed by atoms with Crippen molar-refractivity contribution in [2.45, 2.75) is 78.0 Å². The number of rotatable bonds is 9. The van der Waals surface area contributed by atoms with Crippen LogP contribution in [0.2, 0.25) is 0 Å². The van der Waals surface area contributed by atoms with E-state index in [4.69, 9.17) is 4.74 Å². The highest BCUT2D eigenvalue weighted by Crippen LogP contribution is 2.34. The standard InChI is InChI=1S/C29H36N6O2/c1-5-27(28-31-32-33-35(28)17-21-10-12-24(37-4)13-11-21)34(23-8-6-7-9-23)18-22-16-25-20(3)14-19(2)15-26(25)30-29(22)36/h10-16,23,27H,5-9,17-18H2,1-4H3,(H,30,36)/t27-/m1/s1. The number of nitrogens with zero attached hydrogens (tertiary/aromatic N) is 5. The first-order valence-electron chi connectivity index (χ1n) is 13.2. The summed E-state index contributed by atoms with van der Waals surface area (Å²) in [4.78, 5) is 18.8. The minimum absolute atomic E-state index is 0.00515. The number of tetrazole rings is 1. The third-order valence-corrected chi connectivity index (χ3v) is 7.67. The molecule has 4 aromatic rings. The first kappa shape index (κ1) is 25.1. The second-order valence-corrected chi connectivity index (χ2v) is 10.2. The Morgan fingerprint density at radius 2 is 1.89 bits per heavy atom. The topological polar surface area (TPSA) is 88.9 Å². The lowest BCUT2D eigenvalue weighted by atomic mass is 10.0. The number of hydrogen-bond donors (Lipinski definition) is 1. The molecule has 1 fully saturated rings. The van der Waals surface area contributed by atoms with Crippen molar-refractivity contribution in [1.82, 2.24) is 30.1 Å². The van der Waals surface area contributed by atoms with Gasteiger partial charge < -0.3 is 9.72 Å². The van der Waals surface area contributed by atoms with Gasteiger partial charge in [0, 0.05) is 29.1 Å². The molecule has 0 amide bonds. The monoisotopic (exact) mass is 500 g/mol. The Kier molecular flexibility index (Phi) is 7.37. The summed E-state index contributed by atoms with van der Waals surface area (Å²) in [6.45, 7) is 7.49. The van der Waals surface area contributed by atoms with E-state index in [0.717, 1.165) is 58.4 Å². The molecule has 8 heteroatoms. The van der Waals surface area contributed by atoms with E-state index in [2.05, 4.69) is 58.3 Å². The summed E-state index contributed by atoms with van der Waals surface area (Å²) < 4.78 is 7.19. The molecule has 0 saturated heterocycles. The van der Waals surface area contributed by atoms with Crippen molar-refractivity contribution < 1.29 is 4.74 Å². The van der Waals surface area contributed by atoms with Gasteiger partial charge in [-0.15, -0.1) is 5.10 Å². The van der Waals surface area contributed by atoms with E-state index >= 15 is 0 Å². The summed E-state index contributed by atoms with van der Waals surface area (Å²) in [5.74, 6) is 1.67. The third kappa shape index (κ3) is 5.30. The first-order valence-corrected chi connectivity index (χ1v) is 13.2. The number of pyridine rings is 1. The molecule has 2 aromatic heterocycles. The number of H-pyrrole nitrogens is 1. The van der Waals surface area contributed by atoms with Crippen LogP contribution >= 0.6 is 0 Å². The highest BCUT2D eigenvalue weighted by atomic mass is 16.5. The number of methoxy groups -OCH3 is 1. The van der Waals surface area contributed by atoms with E-state index in [0.29, 0.717) is 19.1 Å². The molecule has 1 aliphatic rings. The molecule has 5 rings (SSSR count). The lowest BCUT2D eigenvalue weighted by Gasteiger charge is -2.35. The molecule has 0 spiro atoms. The van der Waals surface area contributed by atoms with Crippen LogP contribution < -0.4 is 10.3 Å². The molecule has 194 valence electrons. The van der Waals surface area contributed by atoms with Crippen molar-refractivity contribution in [2.24, 2.45) is 0 Å². The molecule has 1 N–H and O–H groups in total. The van der Waals surface area contributed by atoms with E-state index in [1.54, 1.807) is 7.11 Å². The van der Waals surface area contributed by atoms with Crippen LogP contribution in [0.1, 0.15) is 73.1 Å². The van der Waals surface area contributed by atoms with Crippen LogP contribution in [0.4, 0.5) is 0 Å². The zero-order chi connectivity index (χ0) is 25.9. The average molecular weight is 501 g/mol. The van der Waals surface area contributed by atoms with Gasteiger partial charge in [0.2, 0.25) is 0 Å². The summed E-state index contributed by atoms with van der Waals surface area (Å²) in [6, 6.07) is 14.7. The number of benzene rings is 2. The molecular formula is C29H36N6O2. The van der Waals surface area contributed by atoms with Gasteiger partial charge in [-0.3, -0.25) is 9.69 Å². The van der Waals surface area contributed by atoms with E-state index in [1.165, 1.54) is 18.4 Å². The molecule has 0 radical (unpaired) electrons. The minimum atomic E-state index is -0.0202. The lowest BCUT2D eigenvalue weighted by molar-refractivity contribution is 0.112. The van der Waals surface area contributed by atoms with E-state index < -0.39 is 0 Å². The number of aromatic amines is 1. The fourth-order valence-corrected chi connectivity index (χ4v) is 5.79. The predicted molar refractivity (Wildman–Crippen MR) is 145 cm³/mol. The van der Waals surface area contributed by atoms with E-state index in [-0.39, 0.29) is 11.6 Å². The van der Waals surface area contributed by atoms with Gasteiger partial charge in [0.25, 0.3) is 5.56 Å². The summed E-state index contributed by atoms with van der Waals surface area (Å²) in [7, 11) is 1.67. The third-order valence-electron chi connectivity index (χ3n) is 7.67. The normalized spacial score (nSPS) is 15.1. The molecule has 37 heavy (non-hydrogen) atoms. The second-order valence-electron chi connectivity index (χ2n) is 10.2. The van der Waals surface area contributed by atoms with Crippen molar-refractivity contribution in [3.63, 3.8) is 0 Å². The molecule has 0 aliphatic heterocycles. The fraction of sp³-hybridized carbons (Fsp3) is 0.448. The van der Waals surface area contributed by atoms with Crippen LogP contribution in [-0.4, -0.2) is 43.2 Å². The smallest absolute Gasteiger partial charge is 0.252 e. The first-order chi connectivity index (χ1) is 18.0. The minimum Gasteiger partial charge on any atom is -0.497 e. The fourth-order valence-electron chi connectivity index (χ4n) is 5.79. The Hall–Kier alpha value is -3.52. The van der Waals surface area contributed by atoms with E-state index in [1.807, 2.05) is 35.0 Å². The average Bonchev–Trinajstić information content (AvgIpc) is 3.58. The SMILES string of the molecule is CC[C@H](c1nnnn1Cc1ccc(OC)cc1)N(Cc1cc2c(C)cc(C)cc2[nH]c1=O)C1CCCC1. The molecule has 1 atom stereocenters. The number of hydrogen-bond acceptors (Lipinski definition) is 6. The number of aryl methyl sites for hydroxylation is 2. The van der Waals surface area contributed by atoms with Crippen LogP contribution in [0.15, 0.2) is 47.3 Å². The maximum atomic E-state index is 13.2. The molecule has 0 bridgehead atoms. The maximum Gasteiger partial charge on any atom is 0.252 e. The van der Waals surface area contributed by atoms with Crippen LogP contribution in [0.3, 0.4) is 0 Å². The highest BCUT2D eigenvalue weighted by molar-refractivity contribution is 5.83. The van der Waals surface area contributed by atoms with Gasteiger partial charge in [-0.25, -0.2) is 4.68 Å². The van der Waals surface area contributed by atoms with Crippen molar-refractivity contribution in [2.75, 3.05) is 7.11 Å². The summed E-state index contributed by atoms with van der Waals surface area (Å²) >= 11 is 0. The van der Waals surface area contributed by atoms with Crippen LogP contribution in [0.5, 0.6) is 5.75 Å². The molecule has 8 nitrogen and oxygen atoms in total. The van der Waals surface area contributed by atoms with Crippen molar-refractivity contribution in [1.29, 1.82) is 0 Å². The Morgan fingerprint density at radius 1 is 1.14 bits per heavy atom. The molecule has 1 aliphatic carbocycles. The molecule has 2 aromatic carbocycles. The van der Waals surface area contributed by atoms with Crippen molar-refractivity contribution in [3.8, 4) is 5.75 Å². The zero-order valence-electron chi connectivity index (χ0n) is 22.2. The number of fused-ring (bicyclic) bond motifs is 1. The number of ether oxygens (including phenoxy) is 1. The van der Waals surface area contributed by atoms with E-state index in [9.17, 15) is 4.79 Å². The lowest BCUT2D eigenvalue weighted by Crippen LogP contribution is -2.39. The Labute approximate surface area is 217 Å². The predicted octanol–water partition coefficient (Wildman–Crippen LogP) is 5.08. The summed E-state index contributed by atoms with van der Waals surface area (Å²) in [5.41, 5.74) is 5.10. The Balaban J connectivity index is 1.49. The second kappa shape index (κ2) is 10.8. The molecular weight excluding hydrogens is 464 g/mol. The van der Waals surface area contributed by atoms with Gasteiger partial charge >= 0.3 is 0 Å². The summed E-state index contributed by atoms with van der Waals surface area (Å²) in [5, 5.41) is 14.0. The van der Waals surface area contributed by atoms with Crippen molar-refractivity contribution in [3.05, 3.63) is 80.9 Å². The zero-order valence-corrected chi connectivity index (χ0v) is 22.2. The quantitative estimate of drug-likeness (QED) is 0.345. The number of aromatic nitrogens is 5. The van der Waals surface area contributed by atoms with Gasteiger partial charge in [0.15, 0.2) is 5.82 Å². The highest BCUT2D eigenvalue weighted by Gasteiger charge is 2.32.